The van der Waals surface area contributed by atoms with Crippen LogP contribution >= 0.6 is 27.7 Å². The molecule has 2 aliphatic rings. The average molecular weight is 579 g/mol. The van der Waals surface area contributed by atoms with Crippen molar-refractivity contribution >= 4 is 50.8 Å². The van der Waals surface area contributed by atoms with E-state index in [0.717, 1.165) is 16.7 Å². The normalized spacial score (nSPS) is 17.1. The van der Waals surface area contributed by atoms with Gasteiger partial charge in [0.05, 0.1) is 24.7 Å². The van der Waals surface area contributed by atoms with Crippen molar-refractivity contribution in [2.24, 2.45) is 0 Å². The van der Waals surface area contributed by atoms with Crippen molar-refractivity contribution in [3.63, 3.8) is 0 Å². The van der Waals surface area contributed by atoms with Crippen LogP contribution in [0, 0.1) is 5.82 Å². The van der Waals surface area contributed by atoms with Gasteiger partial charge in [-0.05, 0) is 48.5 Å². The molecule has 11 heteroatoms. The second-order valence-electron chi connectivity index (χ2n) is 7.89. The molecule has 2 fully saturated rings. The second-order valence-corrected chi connectivity index (χ2v) is 9.74. The van der Waals surface area contributed by atoms with E-state index in [0.29, 0.717) is 60.0 Å². The maximum Gasteiger partial charge on any atom is 0.294 e. The summed E-state index contributed by atoms with van der Waals surface area (Å²) in [6, 6.07) is 9.69. The van der Waals surface area contributed by atoms with Crippen molar-refractivity contribution in [1.29, 1.82) is 0 Å². The molecular formula is C25H24BrFN2O6S. The van der Waals surface area contributed by atoms with Crippen LogP contribution in [-0.4, -0.2) is 66.3 Å². The highest BCUT2D eigenvalue weighted by Gasteiger charge is 2.37. The van der Waals surface area contributed by atoms with Crippen LogP contribution in [0.3, 0.4) is 0 Å². The van der Waals surface area contributed by atoms with Gasteiger partial charge >= 0.3 is 0 Å². The summed E-state index contributed by atoms with van der Waals surface area (Å²) in [7, 11) is 0. The highest BCUT2D eigenvalue weighted by Crippen LogP contribution is 2.38. The van der Waals surface area contributed by atoms with Gasteiger partial charge in [-0.25, -0.2) is 4.39 Å². The minimum absolute atomic E-state index is 0.00853. The molecule has 0 atom stereocenters. The standard InChI is InChI=1S/C25H24BrFN2O6S/c1-2-34-20-11-17(18(26)13-21(20)35-15-16-5-3-4-6-19(16)27)12-22-24(31)29(25(32)36-22)14-23(30)28-7-9-33-10-8-28/h3-6,11-13H,2,7-10,14-15H2,1H3/b22-12+. The SMILES string of the molecule is CCOc1cc(/C=C2/SC(=O)N(CC(=O)N3CCOCC3)C2=O)c(Br)cc1OCc1ccccc1F. The van der Waals surface area contributed by atoms with Crippen molar-refractivity contribution in [3.8, 4) is 11.5 Å². The summed E-state index contributed by atoms with van der Waals surface area (Å²) in [4.78, 5) is 40.7. The lowest BCUT2D eigenvalue weighted by molar-refractivity contribution is -0.139. The molecule has 0 aromatic heterocycles. The fourth-order valence-electron chi connectivity index (χ4n) is 3.64. The Balaban J connectivity index is 1.51. The fourth-order valence-corrected chi connectivity index (χ4v) is 4.91. The van der Waals surface area contributed by atoms with Crippen LogP contribution in [0.5, 0.6) is 11.5 Å². The topological polar surface area (TPSA) is 85.4 Å². The van der Waals surface area contributed by atoms with Gasteiger partial charge in [-0.1, -0.05) is 34.1 Å². The number of hydrogen-bond donors (Lipinski definition) is 0. The molecule has 2 aromatic rings. The lowest BCUT2D eigenvalue weighted by Gasteiger charge is -2.28. The van der Waals surface area contributed by atoms with E-state index in [1.54, 1.807) is 41.3 Å². The second kappa shape index (κ2) is 11.9. The Kier molecular flexibility index (Phi) is 8.65. The summed E-state index contributed by atoms with van der Waals surface area (Å²) in [5.74, 6) is -0.387. The molecular weight excluding hydrogens is 555 g/mol. The molecule has 2 aliphatic heterocycles. The zero-order chi connectivity index (χ0) is 25.7. The van der Waals surface area contributed by atoms with Crippen LogP contribution < -0.4 is 9.47 Å². The van der Waals surface area contributed by atoms with E-state index in [4.69, 9.17) is 14.2 Å². The van der Waals surface area contributed by atoms with Gasteiger partial charge < -0.3 is 19.1 Å². The molecule has 3 amide bonds. The first-order valence-electron chi connectivity index (χ1n) is 11.3. The minimum atomic E-state index is -0.531. The molecule has 8 nitrogen and oxygen atoms in total. The van der Waals surface area contributed by atoms with Crippen molar-refractivity contribution in [2.75, 3.05) is 39.5 Å². The van der Waals surface area contributed by atoms with E-state index in [-0.39, 0.29) is 29.8 Å². The third-order valence-corrected chi connectivity index (χ3v) is 7.12. The lowest BCUT2D eigenvalue weighted by atomic mass is 10.1. The fraction of sp³-hybridized carbons (Fsp3) is 0.320. The molecule has 36 heavy (non-hydrogen) atoms. The molecule has 190 valence electrons. The molecule has 2 heterocycles. The molecule has 4 rings (SSSR count). The predicted octanol–water partition coefficient (Wildman–Crippen LogP) is 4.46. The number of benzene rings is 2. The number of carbonyl (C=O) groups excluding carboxylic acids is 3. The van der Waals surface area contributed by atoms with E-state index < -0.39 is 11.1 Å². The van der Waals surface area contributed by atoms with Gasteiger partial charge in [0.2, 0.25) is 5.91 Å². The molecule has 0 saturated carbocycles. The van der Waals surface area contributed by atoms with Gasteiger partial charge in [0, 0.05) is 23.1 Å². The van der Waals surface area contributed by atoms with Crippen LogP contribution in [0.25, 0.3) is 6.08 Å². The Bertz CT molecular complexity index is 1200. The molecule has 2 saturated heterocycles. The van der Waals surface area contributed by atoms with Crippen LogP contribution in [0.1, 0.15) is 18.1 Å². The third kappa shape index (κ3) is 6.08. The number of hydrogen-bond acceptors (Lipinski definition) is 7. The molecule has 2 aromatic carbocycles. The molecule has 0 unspecified atom stereocenters. The highest BCUT2D eigenvalue weighted by molar-refractivity contribution is 9.10. The first kappa shape index (κ1) is 26.2. The summed E-state index contributed by atoms with van der Waals surface area (Å²) in [6.07, 6.45) is 1.57. The van der Waals surface area contributed by atoms with Crippen molar-refractivity contribution in [1.82, 2.24) is 9.80 Å². The maximum absolute atomic E-state index is 14.0. The Morgan fingerprint density at radius 2 is 1.89 bits per heavy atom. The summed E-state index contributed by atoms with van der Waals surface area (Å²) in [6.45, 7) is 3.61. The van der Waals surface area contributed by atoms with E-state index >= 15 is 0 Å². The molecule has 0 spiro atoms. The van der Waals surface area contributed by atoms with Crippen LogP contribution in [0.4, 0.5) is 9.18 Å². The quantitative estimate of drug-likeness (QED) is 0.427. The number of imide groups is 1. The number of halogens is 2. The van der Waals surface area contributed by atoms with E-state index in [9.17, 15) is 18.8 Å². The summed E-state index contributed by atoms with van der Waals surface area (Å²) >= 11 is 4.25. The third-order valence-electron chi connectivity index (χ3n) is 5.52. The Morgan fingerprint density at radius 3 is 2.61 bits per heavy atom. The first-order chi connectivity index (χ1) is 17.4. The molecule has 0 bridgehead atoms. The Hall–Kier alpha value is -2.89. The summed E-state index contributed by atoms with van der Waals surface area (Å²) in [5, 5.41) is -0.501. The largest absolute Gasteiger partial charge is 0.490 e. The van der Waals surface area contributed by atoms with Crippen LogP contribution in [-0.2, 0) is 20.9 Å². The van der Waals surface area contributed by atoms with E-state index in [2.05, 4.69) is 15.9 Å². The Morgan fingerprint density at radius 1 is 1.17 bits per heavy atom. The van der Waals surface area contributed by atoms with Crippen molar-refractivity contribution in [3.05, 3.63) is 62.7 Å². The maximum atomic E-state index is 14.0. The summed E-state index contributed by atoms with van der Waals surface area (Å²) in [5.41, 5.74) is 0.988. The van der Waals surface area contributed by atoms with Crippen LogP contribution in [0.15, 0.2) is 45.8 Å². The molecule has 0 N–H and O–H groups in total. The van der Waals surface area contributed by atoms with Gasteiger partial charge in [0.15, 0.2) is 11.5 Å². The van der Waals surface area contributed by atoms with E-state index in [1.165, 1.54) is 6.07 Å². The number of amides is 3. The number of carbonyl (C=O) groups is 3. The highest BCUT2D eigenvalue weighted by atomic mass is 79.9. The Labute approximate surface area is 220 Å². The number of thioether (sulfide) groups is 1. The van der Waals surface area contributed by atoms with Crippen molar-refractivity contribution in [2.45, 2.75) is 13.5 Å². The number of morpholine rings is 1. The predicted molar refractivity (Wildman–Crippen MR) is 136 cm³/mol. The number of rotatable bonds is 8. The number of nitrogens with zero attached hydrogens (tertiary/aromatic N) is 2. The zero-order valence-corrected chi connectivity index (χ0v) is 21.9. The van der Waals surface area contributed by atoms with Crippen LogP contribution in [0.2, 0.25) is 0 Å². The van der Waals surface area contributed by atoms with E-state index in [1.807, 2.05) is 6.92 Å². The lowest BCUT2D eigenvalue weighted by Crippen LogP contribution is -2.46. The van der Waals surface area contributed by atoms with Gasteiger partial charge in [-0.2, -0.15) is 0 Å². The van der Waals surface area contributed by atoms with Gasteiger partial charge in [-0.15, -0.1) is 0 Å². The van der Waals surface area contributed by atoms with Gasteiger partial charge in [0.25, 0.3) is 11.1 Å². The van der Waals surface area contributed by atoms with Gasteiger partial charge in [0.1, 0.15) is 19.0 Å². The molecule has 0 aliphatic carbocycles. The molecule has 0 radical (unpaired) electrons. The zero-order valence-electron chi connectivity index (χ0n) is 19.5. The monoisotopic (exact) mass is 578 g/mol. The first-order valence-corrected chi connectivity index (χ1v) is 12.9. The minimum Gasteiger partial charge on any atom is -0.490 e. The summed E-state index contributed by atoms with van der Waals surface area (Å²) < 4.78 is 31.3. The van der Waals surface area contributed by atoms with Crippen molar-refractivity contribution < 1.29 is 33.0 Å². The van der Waals surface area contributed by atoms with Gasteiger partial charge in [-0.3, -0.25) is 19.3 Å². The number of ether oxygens (including phenoxy) is 3. The smallest absolute Gasteiger partial charge is 0.294 e. The average Bonchev–Trinajstić information content (AvgIpc) is 3.13.